The van der Waals surface area contributed by atoms with Crippen molar-refractivity contribution in [1.82, 2.24) is 14.5 Å². The molecule has 0 amide bonds. The Kier molecular flexibility index (Phi) is 8.73. The summed E-state index contributed by atoms with van der Waals surface area (Å²) in [6.45, 7) is 6.85. The number of hydrogen-bond acceptors (Lipinski definition) is 5. The highest BCUT2D eigenvalue weighted by Gasteiger charge is 2.28. The van der Waals surface area contributed by atoms with Crippen molar-refractivity contribution < 1.29 is 13.2 Å². The Bertz CT molecular complexity index is 772. The zero-order valence-corrected chi connectivity index (χ0v) is 19.1. The van der Waals surface area contributed by atoms with Gasteiger partial charge < -0.3 is 19.9 Å². The standard InChI is InChI=1S/C20H35N5O3S/c1-17(2)28-13-14-29(26,27)25-11-9-24(10-12-25)20(21-3)22-16-18-7-6-8-19(15-18)23(4)5/h6-8,15,17H,9-14,16H2,1-5H3,(H,21,22). The molecule has 1 fully saturated rings. The molecular weight excluding hydrogens is 390 g/mol. The van der Waals surface area contributed by atoms with E-state index >= 15 is 0 Å². The van der Waals surface area contributed by atoms with Crippen LogP contribution in [0.25, 0.3) is 0 Å². The van der Waals surface area contributed by atoms with Gasteiger partial charge >= 0.3 is 0 Å². The number of sulfonamides is 1. The van der Waals surface area contributed by atoms with Crippen LogP contribution in [0, 0.1) is 0 Å². The van der Waals surface area contributed by atoms with Crippen molar-refractivity contribution in [3.63, 3.8) is 0 Å². The highest BCUT2D eigenvalue weighted by atomic mass is 32.2. The fourth-order valence-corrected chi connectivity index (χ4v) is 4.44. The Hall–Kier alpha value is -1.84. The molecule has 0 spiro atoms. The van der Waals surface area contributed by atoms with Crippen LogP contribution >= 0.6 is 0 Å². The summed E-state index contributed by atoms with van der Waals surface area (Å²) < 4.78 is 31.9. The number of benzene rings is 1. The van der Waals surface area contributed by atoms with Crippen LogP contribution in [0.2, 0.25) is 0 Å². The van der Waals surface area contributed by atoms with E-state index in [1.54, 1.807) is 11.4 Å². The van der Waals surface area contributed by atoms with Crippen LogP contribution < -0.4 is 10.2 Å². The number of anilines is 1. The molecule has 2 rings (SSSR count). The van der Waals surface area contributed by atoms with E-state index in [0.717, 1.165) is 11.6 Å². The molecule has 0 saturated carbocycles. The van der Waals surface area contributed by atoms with Gasteiger partial charge in [-0.25, -0.2) is 8.42 Å². The lowest BCUT2D eigenvalue weighted by atomic mass is 10.2. The summed E-state index contributed by atoms with van der Waals surface area (Å²) in [7, 11) is 2.51. The van der Waals surface area contributed by atoms with E-state index in [0.29, 0.717) is 32.7 Å². The van der Waals surface area contributed by atoms with Gasteiger partial charge in [0.25, 0.3) is 0 Å². The van der Waals surface area contributed by atoms with Crippen LogP contribution in [-0.4, -0.2) is 89.4 Å². The van der Waals surface area contributed by atoms with Crippen molar-refractivity contribution in [2.45, 2.75) is 26.5 Å². The summed E-state index contributed by atoms with van der Waals surface area (Å²) in [6, 6.07) is 8.34. The molecule has 29 heavy (non-hydrogen) atoms. The number of aliphatic imine (C=N–C) groups is 1. The van der Waals surface area contributed by atoms with Gasteiger partial charge in [-0.2, -0.15) is 4.31 Å². The highest BCUT2D eigenvalue weighted by Crippen LogP contribution is 2.14. The predicted octanol–water partition coefficient (Wildman–Crippen LogP) is 1.20. The van der Waals surface area contributed by atoms with E-state index in [2.05, 4.69) is 38.3 Å². The Balaban J connectivity index is 1.86. The van der Waals surface area contributed by atoms with Crippen molar-refractivity contribution in [3.8, 4) is 0 Å². The van der Waals surface area contributed by atoms with Gasteiger partial charge in [-0.1, -0.05) is 12.1 Å². The van der Waals surface area contributed by atoms with Gasteiger partial charge in [0.2, 0.25) is 10.0 Å². The molecule has 8 nitrogen and oxygen atoms in total. The van der Waals surface area contributed by atoms with E-state index in [1.165, 1.54) is 5.56 Å². The molecule has 0 bridgehead atoms. The summed E-state index contributed by atoms with van der Waals surface area (Å²) in [4.78, 5) is 8.55. The first-order chi connectivity index (χ1) is 13.7. The second kappa shape index (κ2) is 10.8. The lowest BCUT2D eigenvalue weighted by Crippen LogP contribution is -2.54. The van der Waals surface area contributed by atoms with Crippen LogP contribution in [0.15, 0.2) is 29.3 Å². The third kappa shape index (κ3) is 7.17. The third-order valence-electron chi connectivity index (χ3n) is 4.81. The van der Waals surface area contributed by atoms with Crippen LogP contribution in [0.3, 0.4) is 0 Å². The van der Waals surface area contributed by atoms with E-state index in [-0.39, 0.29) is 18.5 Å². The minimum atomic E-state index is -3.29. The second-order valence-corrected chi connectivity index (χ2v) is 9.68. The number of guanidine groups is 1. The van der Waals surface area contributed by atoms with Crippen LogP contribution in [0.5, 0.6) is 0 Å². The van der Waals surface area contributed by atoms with Crippen molar-refractivity contribution in [2.24, 2.45) is 4.99 Å². The molecule has 164 valence electrons. The van der Waals surface area contributed by atoms with E-state index < -0.39 is 10.0 Å². The van der Waals surface area contributed by atoms with E-state index in [1.807, 2.05) is 34.0 Å². The van der Waals surface area contributed by atoms with Gasteiger partial charge in [0.15, 0.2) is 5.96 Å². The summed E-state index contributed by atoms with van der Waals surface area (Å²) in [6.07, 6.45) is 0.0369. The van der Waals surface area contributed by atoms with Crippen LogP contribution in [-0.2, 0) is 21.3 Å². The second-order valence-electron chi connectivity index (χ2n) is 7.59. The average molecular weight is 426 g/mol. The maximum Gasteiger partial charge on any atom is 0.216 e. The Labute approximate surface area is 175 Å². The fraction of sp³-hybridized carbons (Fsp3) is 0.650. The average Bonchev–Trinajstić information content (AvgIpc) is 2.68. The van der Waals surface area contributed by atoms with Crippen molar-refractivity contribution in [2.75, 3.05) is 64.6 Å². The number of piperazine rings is 1. The number of rotatable bonds is 8. The lowest BCUT2D eigenvalue weighted by molar-refractivity contribution is 0.0904. The molecule has 1 aliphatic rings. The van der Waals surface area contributed by atoms with Crippen molar-refractivity contribution in [1.29, 1.82) is 0 Å². The largest absolute Gasteiger partial charge is 0.378 e. The number of nitrogens with one attached hydrogen (secondary N) is 1. The Morgan fingerprint density at radius 2 is 1.93 bits per heavy atom. The molecule has 1 aliphatic heterocycles. The van der Waals surface area contributed by atoms with Crippen LogP contribution in [0.1, 0.15) is 19.4 Å². The molecule has 1 heterocycles. The van der Waals surface area contributed by atoms with Gasteiger partial charge in [-0.05, 0) is 31.5 Å². The van der Waals surface area contributed by atoms with Gasteiger partial charge in [-0.3, -0.25) is 4.99 Å². The monoisotopic (exact) mass is 425 g/mol. The summed E-state index contributed by atoms with van der Waals surface area (Å²) in [5, 5.41) is 3.39. The minimum Gasteiger partial charge on any atom is -0.378 e. The maximum atomic E-state index is 12.5. The normalized spacial score (nSPS) is 16.3. The maximum absolute atomic E-state index is 12.5. The molecule has 1 saturated heterocycles. The Morgan fingerprint density at radius 1 is 1.24 bits per heavy atom. The third-order valence-corrected chi connectivity index (χ3v) is 6.65. The Morgan fingerprint density at radius 3 is 2.52 bits per heavy atom. The molecule has 1 N–H and O–H groups in total. The molecule has 0 aliphatic carbocycles. The molecular formula is C20H35N5O3S. The highest BCUT2D eigenvalue weighted by molar-refractivity contribution is 7.89. The summed E-state index contributed by atoms with van der Waals surface area (Å²) in [5.41, 5.74) is 2.32. The number of hydrogen-bond donors (Lipinski definition) is 1. The molecule has 1 aromatic carbocycles. The zero-order chi connectivity index (χ0) is 21.4. The van der Waals surface area contributed by atoms with Gasteiger partial charge in [0, 0.05) is 59.6 Å². The molecule has 9 heteroatoms. The molecule has 0 unspecified atom stereocenters. The molecule has 0 aromatic heterocycles. The fourth-order valence-electron chi connectivity index (χ4n) is 3.15. The topological polar surface area (TPSA) is 77.5 Å². The minimum absolute atomic E-state index is 0.0281. The van der Waals surface area contributed by atoms with E-state index in [4.69, 9.17) is 4.74 Å². The quantitative estimate of drug-likeness (QED) is 0.498. The summed E-state index contributed by atoms with van der Waals surface area (Å²) >= 11 is 0. The lowest BCUT2D eigenvalue weighted by Gasteiger charge is -2.35. The summed E-state index contributed by atoms with van der Waals surface area (Å²) in [5.74, 6) is 0.820. The van der Waals surface area contributed by atoms with Gasteiger partial charge in [0.05, 0.1) is 18.5 Å². The predicted molar refractivity (Wildman–Crippen MR) is 119 cm³/mol. The first-order valence-corrected chi connectivity index (χ1v) is 11.6. The molecule has 0 radical (unpaired) electrons. The SMILES string of the molecule is CN=C(NCc1cccc(N(C)C)c1)N1CCN(S(=O)(=O)CCOC(C)C)CC1. The number of ether oxygens (including phenoxy) is 1. The zero-order valence-electron chi connectivity index (χ0n) is 18.3. The molecule has 1 aromatic rings. The van der Waals surface area contributed by atoms with Gasteiger partial charge in [0.1, 0.15) is 0 Å². The molecule has 0 atom stereocenters. The van der Waals surface area contributed by atoms with Crippen molar-refractivity contribution >= 4 is 21.7 Å². The van der Waals surface area contributed by atoms with Crippen molar-refractivity contribution in [3.05, 3.63) is 29.8 Å². The first kappa shape index (κ1) is 23.4. The number of nitrogens with zero attached hydrogens (tertiary/aromatic N) is 4. The van der Waals surface area contributed by atoms with Crippen LogP contribution in [0.4, 0.5) is 5.69 Å². The van der Waals surface area contributed by atoms with E-state index in [9.17, 15) is 8.42 Å². The first-order valence-electron chi connectivity index (χ1n) is 10.0. The smallest absolute Gasteiger partial charge is 0.216 e. The van der Waals surface area contributed by atoms with Gasteiger partial charge in [-0.15, -0.1) is 0 Å².